The molecule has 2 heteroatoms. The smallest absolute Gasteiger partial charge is 0.174 e. The Bertz CT molecular complexity index is 240. The van der Waals surface area contributed by atoms with Gasteiger partial charge in [-0.05, 0) is 18.8 Å². The number of allylic oxidation sites excluding steroid dienone is 2. The third kappa shape index (κ3) is 0.856. The van der Waals surface area contributed by atoms with E-state index in [1.54, 1.807) is 0 Å². The summed E-state index contributed by atoms with van der Waals surface area (Å²) >= 11 is 0. The number of rotatable bonds is 0. The molecule has 0 aromatic carbocycles. The Hall–Kier alpha value is -0.340. The lowest BCUT2D eigenvalue weighted by atomic mass is 9.57. The molecule has 0 radical (unpaired) electrons. The monoisotopic (exact) mass is 180 g/mol. The maximum absolute atomic E-state index is 5.80. The summed E-state index contributed by atoms with van der Waals surface area (Å²) < 4.78 is 11.6. The van der Waals surface area contributed by atoms with Crippen molar-refractivity contribution < 1.29 is 9.47 Å². The number of fused-ring (bicyclic) bond motifs is 2. The fraction of sp³-hybridized carbons (Fsp3) is 0.818. The van der Waals surface area contributed by atoms with Crippen molar-refractivity contribution in [3.63, 3.8) is 0 Å². The predicted octanol–water partition coefficient (Wildman–Crippen LogP) is 1.96. The summed E-state index contributed by atoms with van der Waals surface area (Å²) in [4.78, 5) is 0. The number of hydrogen-bond acceptors (Lipinski definition) is 2. The van der Waals surface area contributed by atoms with Crippen molar-refractivity contribution in [2.75, 3.05) is 13.2 Å². The van der Waals surface area contributed by atoms with Crippen molar-refractivity contribution in [3.05, 3.63) is 12.2 Å². The van der Waals surface area contributed by atoms with E-state index in [0.29, 0.717) is 17.8 Å². The highest BCUT2D eigenvalue weighted by atomic mass is 16.7. The molecule has 3 atom stereocenters. The van der Waals surface area contributed by atoms with Crippen LogP contribution in [0.25, 0.3) is 0 Å². The lowest BCUT2D eigenvalue weighted by molar-refractivity contribution is -0.308. The van der Waals surface area contributed by atoms with Crippen LogP contribution in [0, 0.1) is 17.8 Å². The topological polar surface area (TPSA) is 18.5 Å². The van der Waals surface area contributed by atoms with Crippen LogP contribution in [0.2, 0.25) is 0 Å². The van der Waals surface area contributed by atoms with Gasteiger partial charge in [0.05, 0.1) is 13.2 Å². The molecule has 1 spiro atoms. The first kappa shape index (κ1) is 8.01. The Morgan fingerprint density at radius 2 is 2.08 bits per heavy atom. The van der Waals surface area contributed by atoms with Crippen molar-refractivity contribution in [1.82, 2.24) is 0 Å². The molecule has 2 aliphatic carbocycles. The highest BCUT2D eigenvalue weighted by Gasteiger charge is 2.62. The van der Waals surface area contributed by atoms with E-state index < -0.39 is 0 Å². The molecule has 0 aromatic heterocycles. The standard InChI is InChI=1S/C11H16O2/c1-8-9-4-2-3-5-10(9)11(8)12-6-7-13-11/h2,4,8-10H,3,5-7H2,1H3/t8-,9+,10+/m1/s1. The van der Waals surface area contributed by atoms with Gasteiger partial charge < -0.3 is 9.47 Å². The Balaban J connectivity index is 1.88. The minimum atomic E-state index is -0.185. The number of ether oxygens (including phenoxy) is 2. The van der Waals surface area contributed by atoms with Crippen LogP contribution in [0.15, 0.2) is 12.2 Å². The van der Waals surface area contributed by atoms with Crippen LogP contribution in [-0.4, -0.2) is 19.0 Å². The minimum absolute atomic E-state index is 0.185. The third-order valence-corrected chi connectivity index (χ3v) is 3.93. The molecule has 0 amide bonds. The second-order valence-corrected chi connectivity index (χ2v) is 4.40. The van der Waals surface area contributed by atoms with Gasteiger partial charge in [0, 0.05) is 11.8 Å². The summed E-state index contributed by atoms with van der Waals surface area (Å²) in [6.07, 6.45) is 7.10. The second-order valence-electron chi connectivity index (χ2n) is 4.40. The molecule has 2 fully saturated rings. The maximum Gasteiger partial charge on any atom is 0.174 e. The van der Waals surface area contributed by atoms with E-state index in [1.165, 1.54) is 12.8 Å². The van der Waals surface area contributed by atoms with Gasteiger partial charge in [0.1, 0.15) is 0 Å². The molecule has 0 N–H and O–H groups in total. The van der Waals surface area contributed by atoms with E-state index in [-0.39, 0.29) is 5.79 Å². The van der Waals surface area contributed by atoms with Gasteiger partial charge in [-0.2, -0.15) is 0 Å². The minimum Gasteiger partial charge on any atom is -0.347 e. The van der Waals surface area contributed by atoms with Crippen molar-refractivity contribution >= 4 is 0 Å². The molecule has 3 rings (SSSR count). The van der Waals surface area contributed by atoms with Crippen LogP contribution < -0.4 is 0 Å². The molecular formula is C11H16O2. The zero-order valence-corrected chi connectivity index (χ0v) is 8.03. The normalized spacial score (nSPS) is 46.1. The summed E-state index contributed by atoms with van der Waals surface area (Å²) in [7, 11) is 0. The first-order chi connectivity index (χ1) is 6.34. The molecule has 1 saturated carbocycles. The molecule has 13 heavy (non-hydrogen) atoms. The highest BCUT2D eigenvalue weighted by molar-refractivity contribution is 5.14. The van der Waals surface area contributed by atoms with E-state index in [1.807, 2.05) is 0 Å². The van der Waals surface area contributed by atoms with Gasteiger partial charge in [-0.15, -0.1) is 0 Å². The van der Waals surface area contributed by atoms with E-state index in [2.05, 4.69) is 19.1 Å². The zero-order chi connectivity index (χ0) is 8.89. The van der Waals surface area contributed by atoms with Crippen LogP contribution in [0.5, 0.6) is 0 Å². The molecule has 1 aliphatic heterocycles. The van der Waals surface area contributed by atoms with Gasteiger partial charge >= 0.3 is 0 Å². The Morgan fingerprint density at radius 3 is 2.85 bits per heavy atom. The van der Waals surface area contributed by atoms with Gasteiger partial charge in [0.25, 0.3) is 0 Å². The lowest BCUT2D eigenvalue weighted by Gasteiger charge is -2.57. The molecule has 0 bridgehead atoms. The van der Waals surface area contributed by atoms with Gasteiger partial charge in [-0.1, -0.05) is 19.1 Å². The fourth-order valence-corrected chi connectivity index (χ4v) is 3.25. The molecule has 1 saturated heterocycles. The highest BCUT2D eigenvalue weighted by Crippen LogP contribution is 2.57. The third-order valence-electron chi connectivity index (χ3n) is 3.93. The van der Waals surface area contributed by atoms with E-state index in [9.17, 15) is 0 Å². The first-order valence-corrected chi connectivity index (χ1v) is 5.29. The lowest BCUT2D eigenvalue weighted by Crippen LogP contribution is -2.62. The Morgan fingerprint density at radius 1 is 1.31 bits per heavy atom. The molecular weight excluding hydrogens is 164 g/mol. The molecule has 0 aromatic rings. The van der Waals surface area contributed by atoms with Gasteiger partial charge in [0.15, 0.2) is 5.79 Å². The molecule has 2 nitrogen and oxygen atoms in total. The summed E-state index contributed by atoms with van der Waals surface area (Å²) in [5, 5.41) is 0. The second kappa shape index (κ2) is 2.58. The van der Waals surface area contributed by atoms with E-state index in [0.717, 1.165) is 13.2 Å². The quantitative estimate of drug-likeness (QED) is 0.530. The van der Waals surface area contributed by atoms with Gasteiger partial charge in [-0.3, -0.25) is 0 Å². The van der Waals surface area contributed by atoms with Crippen molar-refractivity contribution in [1.29, 1.82) is 0 Å². The van der Waals surface area contributed by atoms with Crippen molar-refractivity contribution in [3.8, 4) is 0 Å². The van der Waals surface area contributed by atoms with Crippen LogP contribution >= 0.6 is 0 Å². The summed E-state index contributed by atoms with van der Waals surface area (Å²) in [6.45, 7) is 3.83. The summed E-state index contributed by atoms with van der Waals surface area (Å²) in [6, 6.07) is 0. The molecule has 3 aliphatic rings. The largest absolute Gasteiger partial charge is 0.347 e. The summed E-state index contributed by atoms with van der Waals surface area (Å²) in [5.74, 6) is 1.72. The van der Waals surface area contributed by atoms with Crippen molar-refractivity contribution in [2.45, 2.75) is 25.6 Å². The van der Waals surface area contributed by atoms with E-state index in [4.69, 9.17) is 9.47 Å². The fourth-order valence-electron chi connectivity index (χ4n) is 3.25. The SMILES string of the molecule is C[C@@H]1[C@@H]2C=CCC[C@@H]2C12OCCO2. The Labute approximate surface area is 78.9 Å². The average Bonchev–Trinajstić information content (AvgIpc) is 2.68. The molecule has 0 unspecified atom stereocenters. The van der Waals surface area contributed by atoms with Crippen LogP contribution in [0.4, 0.5) is 0 Å². The zero-order valence-electron chi connectivity index (χ0n) is 8.03. The Kier molecular flexibility index (Phi) is 1.59. The summed E-state index contributed by atoms with van der Waals surface area (Å²) in [5.41, 5.74) is 0. The maximum atomic E-state index is 5.80. The van der Waals surface area contributed by atoms with Gasteiger partial charge in [0.2, 0.25) is 0 Å². The van der Waals surface area contributed by atoms with Crippen LogP contribution in [0.3, 0.4) is 0 Å². The average molecular weight is 180 g/mol. The van der Waals surface area contributed by atoms with Gasteiger partial charge in [-0.25, -0.2) is 0 Å². The van der Waals surface area contributed by atoms with Crippen molar-refractivity contribution in [2.24, 2.45) is 17.8 Å². The predicted molar refractivity (Wildman–Crippen MR) is 49.2 cm³/mol. The van der Waals surface area contributed by atoms with E-state index >= 15 is 0 Å². The molecule has 72 valence electrons. The first-order valence-electron chi connectivity index (χ1n) is 5.29. The number of hydrogen-bond donors (Lipinski definition) is 0. The molecule has 1 heterocycles. The van der Waals surface area contributed by atoms with Crippen LogP contribution in [-0.2, 0) is 9.47 Å². The van der Waals surface area contributed by atoms with Crippen LogP contribution in [0.1, 0.15) is 19.8 Å².